The highest BCUT2D eigenvalue weighted by Gasteiger charge is 2.53. The molecule has 0 saturated heterocycles. The summed E-state index contributed by atoms with van der Waals surface area (Å²) in [5.41, 5.74) is -0.571. The molecule has 190 valence electrons. The van der Waals surface area contributed by atoms with Crippen LogP contribution < -0.4 is 5.32 Å². The third-order valence-electron chi connectivity index (χ3n) is 7.51. The molecule has 0 aliphatic heterocycles. The van der Waals surface area contributed by atoms with E-state index in [1.165, 1.54) is 29.5 Å². The Bertz CT molecular complexity index is 1430. The van der Waals surface area contributed by atoms with Crippen LogP contribution in [0.5, 0.6) is 0 Å². The number of sulfone groups is 1. The zero-order valence-electron chi connectivity index (χ0n) is 19.2. The lowest BCUT2D eigenvalue weighted by Gasteiger charge is -2.40. The van der Waals surface area contributed by atoms with Crippen molar-refractivity contribution in [2.24, 2.45) is 11.8 Å². The van der Waals surface area contributed by atoms with Gasteiger partial charge in [0.2, 0.25) is 0 Å². The van der Waals surface area contributed by atoms with Crippen LogP contribution in [0.2, 0.25) is 5.02 Å². The Balaban J connectivity index is 1.55. The Hall–Kier alpha value is -2.40. The highest BCUT2D eigenvalue weighted by molar-refractivity contribution is 7.92. The van der Waals surface area contributed by atoms with E-state index < -0.39 is 38.2 Å². The molecule has 2 bridgehead atoms. The van der Waals surface area contributed by atoms with Gasteiger partial charge in [-0.1, -0.05) is 11.6 Å². The van der Waals surface area contributed by atoms with Gasteiger partial charge >= 0.3 is 0 Å². The second-order valence-corrected chi connectivity index (χ2v) is 13.1. The summed E-state index contributed by atoms with van der Waals surface area (Å²) in [6.07, 6.45) is 3.70. The van der Waals surface area contributed by atoms with E-state index in [2.05, 4.69) is 10.3 Å². The van der Waals surface area contributed by atoms with Crippen LogP contribution in [0.3, 0.4) is 0 Å². The monoisotopic (exact) mass is 552 g/mol. The summed E-state index contributed by atoms with van der Waals surface area (Å²) < 4.78 is 54.5. The lowest BCUT2D eigenvalue weighted by molar-refractivity contribution is -0.0413. The topological polar surface area (TPSA) is 96.4 Å². The summed E-state index contributed by atoms with van der Waals surface area (Å²) in [5, 5.41) is 14.7. The van der Waals surface area contributed by atoms with E-state index in [1.54, 1.807) is 18.5 Å². The summed E-state index contributed by atoms with van der Waals surface area (Å²) in [4.78, 5) is 17.3. The Morgan fingerprint density at radius 1 is 1.17 bits per heavy atom. The van der Waals surface area contributed by atoms with Crippen molar-refractivity contribution in [3.8, 4) is 10.6 Å². The first-order chi connectivity index (χ1) is 17.0. The van der Waals surface area contributed by atoms with E-state index in [0.29, 0.717) is 23.4 Å². The molecular formula is C25H23ClF2N2O4S2. The van der Waals surface area contributed by atoms with Crippen LogP contribution in [0, 0.1) is 23.5 Å². The predicted octanol–water partition coefficient (Wildman–Crippen LogP) is 5.71. The minimum absolute atomic E-state index is 0.00873. The maximum Gasteiger partial charge on any atom is 0.256 e. The van der Waals surface area contributed by atoms with Gasteiger partial charge in [0.15, 0.2) is 21.5 Å². The van der Waals surface area contributed by atoms with Gasteiger partial charge in [-0.15, -0.1) is 11.3 Å². The van der Waals surface area contributed by atoms with Crippen molar-refractivity contribution in [3.05, 3.63) is 64.1 Å². The number of halogens is 3. The number of amides is 1. The Labute approximate surface area is 216 Å². The molecule has 5 rings (SSSR count). The molecule has 36 heavy (non-hydrogen) atoms. The van der Waals surface area contributed by atoms with Gasteiger partial charge in [0.05, 0.1) is 26.3 Å². The predicted molar refractivity (Wildman–Crippen MR) is 134 cm³/mol. The number of benzene rings is 2. The molecule has 2 aromatic carbocycles. The van der Waals surface area contributed by atoms with Crippen molar-refractivity contribution in [2.75, 3.05) is 5.32 Å². The van der Waals surface area contributed by atoms with Crippen LogP contribution in [0.15, 0.2) is 46.8 Å². The van der Waals surface area contributed by atoms with Crippen molar-refractivity contribution in [3.63, 3.8) is 0 Å². The molecule has 1 aromatic heterocycles. The third kappa shape index (κ3) is 4.34. The molecule has 2 N–H and O–H groups in total. The standard InChI is InChI=1S/C25H23ClF2N2O4S2/c1-25(32)13-2-3-14(25)9-16(8-13)36(33,34)22-12-17(18(11-19(22)26)24-29-6-7-35-24)23(31)30-15-4-5-20(27)21(28)10-15/h4-7,10-14,16,32H,2-3,8-9H2,1H3,(H,30,31)/t13-,14?,16?,25?/m1/s1. The lowest BCUT2D eigenvalue weighted by Crippen LogP contribution is -2.45. The second-order valence-electron chi connectivity index (χ2n) is 9.58. The van der Waals surface area contributed by atoms with E-state index in [4.69, 9.17) is 11.6 Å². The third-order valence-corrected chi connectivity index (χ3v) is 11.0. The lowest BCUT2D eigenvalue weighted by atomic mass is 9.76. The van der Waals surface area contributed by atoms with Crippen LogP contribution in [-0.2, 0) is 9.84 Å². The molecular weight excluding hydrogens is 530 g/mol. The van der Waals surface area contributed by atoms with Crippen molar-refractivity contribution < 1.29 is 27.1 Å². The zero-order valence-corrected chi connectivity index (χ0v) is 21.6. The number of hydrogen-bond donors (Lipinski definition) is 2. The number of aromatic nitrogens is 1. The van der Waals surface area contributed by atoms with E-state index in [-0.39, 0.29) is 33.0 Å². The molecule has 3 aromatic rings. The number of nitrogens with one attached hydrogen (secondary N) is 1. The van der Waals surface area contributed by atoms with Crippen molar-refractivity contribution >= 4 is 44.4 Å². The molecule has 1 amide bonds. The summed E-state index contributed by atoms with van der Waals surface area (Å²) in [6.45, 7) is 1.77. The smallest absolute Gasteiger partial charge is 0.256 e. The summed E-state index contributed by atoms with van der Waals surface area (Å²) in [6, 6.07) is 5.57. The van der Waals surface area contributed by atoms with Crippen LogP contribution in [-0.4, -0.2) is 35.3 Å². The number of hydrogen-bond acceptors (Lipinski definition) is 6. The van der Waals surface area contributed by atoms with Gasteiger partial charge < -0.3 is 10.4 Å². The van der Waals surface area contributed by atoms with Gasteiger partial charge in [-0.3, -0.25) is 4.79 Å². The zero-order chi connectivity index (χ0) is 25.8. The van der Waals surface area contributed by atoms with Gasteiger partial charge in [-0.05, 0) is 68.7 Å². The van der Waals surface area contributed by atoms with Gasteiger partial charge in [-0.25, -0.2) is 22.2 Å². The quantitative estimate of drug-likeness (QED) is 0.423. The van der Waals surface area contributed by atoms with Gasteiger partial charge in [0.25, 0.3) is 5.91 Å². The number of thiazole rings is 1. The van der Waals surface area contributed by atoms with Crippen LogP contribution in [0.4, 0.5) is 14.5 Å². The molecule has 0 spiro atoms. The van der Waals surface area contributed by atoms with Crippen LogP contribution >= 0.6 is 22.9 Å². The summed E-state index contributed by atoms with van der Waals surface area (Å²) >= 11 is 7.74. The average Bonchev–Trinajstić information content (AvgIpc) is 3.36. The first kappa shape index (κ1) is 25.3. The largest absolute Gasteiger partial charge is 0.390 e. The molecule has 0 radical (unpaired) electrons. The number of aliphatic hydroxyl groups is 1. The molecule has 2 fully saturated rings. The van der Waals surface area contributed by atoms with Crippen molar-refractivity contribution in [2.45, 2.75) is 48.4 Å². The van der Waals surface area contributed by atoms with Crippen LogP contribution in [0.1, 0.15) is 43.0 Å². The molecule has 3 unspecified atom stereocenters. The minimum atomic E-state index is -3.95. The van der Waals surface area contributed by atoms with Crippen molar-refractivity contribution in [1.82, 2.24) is 4.98 Å². The Morgan fingerprint density at radius 2 is 1.86 bits per heavy atom. The van der Waals surface area contributed by atoms with E-state index >= 15 is 0 Å². The average molecular weight is 553 g/mol. The van der Waals surface area contributed by atoms with Gasteiger partial charge in [-0.2, -0.15) is 0 Å². The second kappa shape index (κ2) is 9.16. The number of anilines is 1. The fourth-order valence-electron chi connectivity index (χ4n) is 5.46. The molecule has 2 aliphatic carbocycles. The number of rotatable bonds is 5. The highest BCUT2D eigenvalue weighted by atomic mass is 35.5. The SMILES string of the molecule is CC1(O)C2CC[C@@H]1CC(S(=O)(=O)c1cc(C(=O)Nc3ccc(F)c(F)c3)c(-c3nccs3)cc1Cl)C2. The number of carbonyl (C=O) groups excluding carboxylic acids is 1. The van der Waals surface area contributed by atoms with E-state index in [0.717, 1.165) is 25.0 Å². The van der Waals surface area contributed by atoms with Crippen LogP contribution in [0.25, 0.3) is 10.6 Å². The van der Waals surface area contributed by atoms with Crippen molar-refractivity contribution in [1.29, 1.82) is 0 Å². The molecule has 1 heterocycles. The number of nitrogens with zero attached hydrogens (tertiary/aromatic N) is 1. The molecule has 2 saturated carbocycles. The first-order valence-corrected chi connectivity index (χ1v) is 14.2. The van der Waals surface area contributed by atoms with E-state index in [9.17, 15) is 27.1 Å². The molecule has 4 atom stereocenters. The Kier molecular flexibility index (Phi) is 6.43. The molecule has 6 nitrogen and oxygen atoms in total. The normalized spacial score (nSPS) is 25.6. The number of fused-ring (bicyclic) bond motifs is 2. The van der Waals surface area contributed by atoms with E-state index in [1.807, 2.05) is 0 Å². The first-order valence-electron chi connectivity index (χ1n) is 11.4. The number of carbonyl (C=O) groups is 1. The fraction of sp³-hybridized carbons (Fsp3) is 0.360. The maximum atomic E-state index is 13.7. The maximum absolute atomic E-state index is 13.7. The highest BCUT2D eigenvalue weighted by Crippen LogP contribution is 2.52. The van der Waals surface area contributed by atoms with Gasteiger partial charge in [0.1, 0.15) is 5.01 Å². The summed E-state index contributed by atoms with van der Waals surface area (Å²) in [5.74, 6) is -3.15. The summed E-state index contributed by atoms with van der Waals surface area (Å²) in [7, 11) is -3.95. The molecule has 2 aliphatic rings. The Morgan fingerprint density at radius 3 is 2.47 bits per heavy atom. The minimum Gasteiger partial charge on any atom is -0.390 e. The fourth-order valence-corrected chi connectivity index (χ4v) is 8.56. The molecule has 11 heteroatoms. The van der Waals surface area contributed by atoms with Gasteiger partial charge in [0, 0.05) is 28.9 Å².